The van der Waals surface area contributed by atoms with E-state index in [4.69, 9.17) is 18.9 Å². The van der Waals surface area contributed by atoms with E-state index in [1.54, 1.807) is 0 Å². The standard InChI is InChI=1S/2C23H48O4/c1-7-11-13-22(9-3,15-24)19-26-17-21(5,6)18-27-20-23(10-4,16-25)14-12-8-2;1-7-11-13-22(9-3,16-25)18-27-20-23(10-4,14-12-8-2)19-26-17-21(5,6)15-24/h2*24-25H,7-20H2,1-6H3. The van der Waals surface area contributed by atoms with Gasteiger partial charge in [-0.3, -0.25) is 0 Å². The minimum Gasteiger partial charge on any atom is -0.396 e. The zero-order valence-electron chi connectivity index (χ0n) is 38.2. The summed E-state index contributed by atoms with van der Waals surface area (Å²) in [5, 5.41) is 39.1. The van der Waals surface area contributed by atoms with Crippen LogP contribution in [0.4, 0.5) is 0 Å². The van der Waals surface area contributed by atoms with Gasteiger partial charge in [-0.15, -0.1) is 0 Å². The van der Waals surface area contributed by atoms with E-state index >= 15 is 0 Å². The van der Waals surface area contributed by atoms with E-state index in [0.29, 0.717) is 52.9 Å². The van der Waals surface area contributed by atoms with Gasteiger partial charge in [0.05, 0.1) is 79.3 Å². The summed E-state index contributed by atoms with van der Waals surface area (Å²) in [4.78, 5) is 0. The molecular formula is C46H96O8. The monoisotopic (exact) mass is 777 g/mol. The zero-order valence-corrected chi connectivity index (χ0v) is 38.2. The quantitative estimate of drug-likeness (QED) is 0.0497. The molecule has 0 amide bonds. The van der Waals surface area contributed by atoms with Crippen molar-refractivity contribution in [2.75, 3.05) is 79.3 Å². The van der Waals surface area contributed by atoms with Crippen molar-refractivity contribution in [2.45, 2.75) is 186 Å². The second-order valence-corrected chi connectivity index (χ2v) is 18.8. The second kappa shape index (κ2) is 30.7. The molecule has 0 spiro atoms. The molecule has 0 aromatic carbocycles. The number of unbranched alkanes of at least 4 members (excludes halogenated alkanes) is 4. The van der Waals surface area contributed by atoms with E-state index in [2.05, 4.69) is 69.2 Å². The summed E-state index contributed by atoms with van der Waals surface area (Å²) in [6.07, 6.45) is 17.1. The smallest absolute Gasteiger partial charge is 0.0544 e. The van der Waals surface area contributed by atoms with Crippen LogP contribution in [0.15, 0.2) is 0 Å². The van der Waals surface area contributed by atoms with E-state index in [0.717, 1.165) is 96.3 Å². The molecule has 0 bridgehead atoms. The molecule has 0 saturated carbocycles. The summed E-state index contributed by atoms with van der Waals surface area (Å²) in [6.45, 7) is 31.5. The molecule has 4 N–H and O–H groups in total. The molecule has 8 nitrogen and oxygen atoms in total. The lowest BCUT2D eigenvalue weighted by molar-refractivity contribution is -0.0784. The molecule has 0 aliphatic heterocycles. The van der Waals surface area contributed by atoms with Gasteiger partial charge in [0.1, 0.15) is 0 Å². The van der Waals surface area contributed by atoms with Gasteiger partial charge in [0.2, 0.25) is 0 Å². The first kappa shape index (κ1) is 55.8. The predicted molar refractivity (Wildman–Crippen MR) is 228 cm³/mol. The molecule has 4 unspecified atom stereocenters. The summed E-state index contributed by atoms with van der Waals surface area (Å²) in [5.74, 6) is 0. The Morgan fingerprint density at radius 3 is 0.796 bits per heavy atom. The zero-order chi connectivity index (χ0) is 41.6. The van der Waals surface area contributed by atoms with Gasteiger partial charge in [-0.25, -0.2) is 0 Å². The van der Waals surface area contributed by atoms with Gasteiger partial charge in [0, 0.05) is 32.5 Å². The largest absolute Gasteiger partial charge is 0.396 e. The molecule has 8 heteroatoms. The van der Waals surface area contributed by atoms with Crippen molar-refractivity contribution in [2.24, 2.45) is 32.5 Å². The summed E-state index contributed by atoms with van der Waals surface area (Å²) < 4.78 is 24.4. The maximum absolute atomic E-state index is 9.96. The van der Waals surface area contributed by atoms with Crippen LogP contribution in [0.1, 0.15) is 186 Å². The molecule has 0 aromatic rings. The average Bonchev–Trinajstić information content (AvgIpc) is 3.18. The lowest BCUT2D eigenvalue weighted by Crippen LogP contribution is -2.37. The van der Waals surface area contributed by atoms with Crippen LogP contribution in [0.3, 0.4) is 0 Å². The molecule has 54 heavy (non-hydrogen) atoms. The fraction of sp³-hybridized carbons (Fsp3) is 1.00. The number of hydrogen-bond donors (Lipinski definition) is 4. The molecule has 0 rings (SSSR count). The fourth-order valence-electron chi connectivity index (χ4n) is 6.74. The predicted octanol–water partition coefficient (Wildman–Crippen LogP) is 10.4. The summed E-state index contributed by atoms with van der Waals surface area (Å²) in [7, 11) is 0. The molecule has 328 valence electrons. The minimum atomic E-state index is -0.209. The Balaban J connectivity index is 0. The Morgan fingerprint density at radius 2 is 0.556 bits per heavy atom. The summed E-state index contributed by atoms with van der Waals surface area (Å²) in [6, 6.07) is 0. The van der Waals surface area contributed by atoms with Gasteiger partial charge in [0.15, 0.2) is 0 Å². The van der Waals surface area contributed by atoms with Gasteiger partial charge in [-0.2, -0.15) is 0 Å². The lowest BCUT2D eigenvalue weighted by atomic mass is 9.80. The molecule has 4 atom stereocenters. The fourth-order valence-corrected chi connectivity index (χ4v) is 6.74. The Labute approximate surface area is 336 Å². The Kier molecular flexibility index (Phi) is 31.7. The first-order valence-electron chi connectivity index (χ1n) is 22.3. The third-order valence-corrected chi connectivity index (χ3v) is 12.2. The van der Waals surface area contributed by atoms with E-state index in [1.807, 2.05) is 13.8 Å². The van der Waals surface area contributed by atoms with Crippen molar-refractivity contribution >= 4 is 0 Å². The van der Waals surface area contributed by atoms with Crippen molar-refractivity contribution in [1.82, 2.24) is 0 Å². The number of rotatable bonds is 36. The van der Waals surface area contributed by atoms with Crippen LogP contribution in [-0.2, 0) is 18.9 Å². The van der Waals surface area contributed by atoms with Crippen LogP contribution in [0.5, 0.6) is 0 Å². The Morgan fingerprint density at radius 1 is 0.315 bits per heavy atom. The van der Waals surface area contributed by atoms with Crippen LogP contribution in [-0.4, -0.2) is 99.7 Å². The van der Waals surface area contributed by atoms with E-state index in [-0.39, 0.29) is 58.9 Å². The number of aliphatic hydroxyl groups is 4. The van der Waals surface area contributed by atoms with Crippen LogP contribution in [0, 0.1) is 32.5 Å². The highest BCUT2D eigenvalue weighted by atomic mass is 16.5. The number of aliphatic hydroxyl groups excluding tert-OH is 4. The minimum absolute atomic E-state index is 0.0151. The van der Waals surface area contributed by atoms with Crippen molar-refractivity contribution < 1.29 is 39.4 Å². The molecule has 0 aromatic heterocycles. The maximum atomic E-state index is 9.96. The van der Waals surface area contributed by atoms with Crippen LogP contribution >= 0.6 is 0 Å². The maximum Gasteiger partial charge on any atom is 0.0544 e. The van der Waals surface area contributed by atoms with Crippen molar-refractivity contribution in [3.63, 3.8) is 0 Å². The summed E-state index contributed by atoms with van der Waals surface area (Å²) >= 11 is 0. The first-order valence-corrected chi connectivity index (χ1v) is 22.3. The third-order valence-electron chi connectivity index (χ3n) is 12.2. The topological polar surface area (TPSA) is 118 Å². The van der Waals surface area contributed by atoms with E-state index in [1.165, 1.54) is 6.42 Å². The van der Waals surface area contributed by atoms with Gasteiger partial charge in [-0.05, 0) is 51.4 Å². The lowest BCUT2D eigenvalue weighted by Gasteiger charge is -2.36. The highest BCUT2D eigenvalue weighted by Crippen LogP contribution is 2.35. The van der Waals surface area contributed by atoms with Crippen molar-refractivity contribution in [3.8, 4) is 0 Å². The van der Waals surface area contributed by atoms with Gasteiger partial charge >= 0.3 is 0 Å². The molecule has 0 aliphatic carbocycles. The third kappa shape index (κ3) is 23.2. The molecule has 0 radical (unpaired) electrons. The molecule has 0 fully saturated rings. The van der Waals surface area contributed by atoms with Crippen LogP contribution < -0.4 is 0 Å². The normalized spacial score (nSPS) is 16.9. The van der Waals surface area contributed by atoms with Crippen molar-refractivity contribution in [1.29, 1.82) is 0 Å². The van der Waals surface area contributed by atoms with Crippen LogP contribution in [0.2, 0.25) is 0 Å². The molecular weight excluding hydrogens is 680 g/mol. The molecule has 0 heterocycles. The van der Waals surface area contributed by atoms with Gasteiger partial charge < -0.3 is 39.4 Å². The number of hydrogen-bond acceptors (Lipinski definition) is 8. The molecule has 0 aliphatic rings. The SMILES string of the molecule is CCCCC(CC)(CO)COCC(C)(C)COCC(CC)(CO)CCCC.CCCCC(CC)(CO)COCC(CC)(CCCC)COCC(C)(C)CO. The molecule has 0 saturated heterocycles. The Hall–Kier alpha value is -0.320. The van der Waals surface area contributed by atoms with Gasteiger partial charge in [-0.1, -0.05) is 134 Å². The van der Waals surface area contributed by atoms with Gasteiger partial charge in [0.25, 0.3) is 0 Å². The highest BCUT2D eigenvalue weighted by molar-refractivity contribution is 4.82. The van der Waals surface area contributed by atoms with Crippen LogP contribution in [0.25, 0.3) is 0 Å². The van der Waals surface area contributed by atoms with E-state index < -0.39 is 0 Å². The van der Waals surface area contributed by atoms with Crippen molar-refractivity contribution in [3.05, 3.63) is 0 Å². The first-order chi connectivity index (χ1) is 25.6. The summed E-state index contributed by atoms with van der Waals surface area (Å²) in [5.41, 5.74) is -0.608. The average molecular weight is 777 g/mol. The number of ether oxygens (including phenoxy) is 4. The Bertz CT molecular complexity index is 803. The second-order valence-electron chi connectivity index (χ2n) is 18.8. The highest BCUT2D eigenvalue weighted by Gasteiger charge is 2.34. The van der Waals surface area contributed by atoms with E-state index in [9.17, 15) is 20.4 Å².